The highest BCUT2D eigenvalue weighted by atomic mass is 15.3. The lowest BCUT2D eigenvalue weighted by atomic mass is 9.84. The molecule has 4 heterocycles. The summed E-state index contributed by atoms with van der Waals surface area (Å²) in [5.41, 5.74) is 2.64. The van der Waals surface area contributed by atoms with Crippen molar-refractivity contribution in [1.82, 2.24) is 19.9 Å². The molecule has 2 aliphatic rings. The van der Waals surface area contributed by atoms with Crippen LogP contribution in [0.25, 0.3) is 0 Å². The van der Waals surface area contributed by atoms with Gasteiger partial charge in [0.2, 0.25) is 5.95 Å². The van der Waals surface area contributed by atoms with Gasteiger partial charge in [0.05, 0.1) is 0 Å². The minimum absolute atomic E-state index is 0.333. The molecule has 0 radical (unpaired) electrons. The Hall–Kier alpha value is -2.21. The van der Waals surface area contributed by atoms with E-state index in [-0.39, 0.29) is 0 Å². The fraction of sp³-hybridized carbons (Fsp3) is 0.591. The van der Waals surface area contributed by atoms with Crippen molar-refractivity contribution in [3.8, 4) is 0 Å². The standard InChI is InChI=1S/C22H32N6/c1-3-11-23-21-24-15-19(16-25-21)17-28-12-5-8-22(28)9-13-27(14-10-22)20-7-4-6-18(2)26-20/h4,6-7,15-16H,3,5,8-14,17H2,1-2H3,(H,23,24,25). The molecule has 1 spiro atoms. The number of rotatable bonds is 6. The van der Waals surface area contributed by atoms with E-state index in [2.05, 4.69) is 57.1 Å². The predicted octanol–water partition coefficient (Wildman–Crippen LogP) is 3.64. The molecule has 2 aromatic heterocycles. The lowest BCUT2D eigenvalue weighted by Gasteiger charge is -2.45. The number of piperidine rings is 1. The number of likely N-dealkylation sites (tertiary alicyclic amines) is 1. The largest absolute Gasteiger partial charge is 0.356 e. The second kappa shape index (κ2) is 8.43. The van der Waals surface area contributed by atoms with Gasteiger partial charge >= 0.3 is 0 Å². The molecule has 0 saturated carbocycles. The molecule has 0 bridgehead atoms. The van der Waals surface area contributed by atoms with Crippen LogP contribution in [0.1, 0.15) is 50.3 Å². The molecule has 6 nitrogen and oxygen atoms in total. The van der Waals surface area contributed by atoms with Crippen LogP contribution in [0.15, 0.2) is 30.6 Å². The lowest BCUT2D eigenvalue weighted by Crippen LogP contribution is -2.52. The fourth-order valence-electron chi connectivity index (χ4n) is 4.65. The Balaban J connectivity index is 1.38. The minimum atomic E-state index is 0.333. The molecule has 0 aromatic carbocycles. The SMILES string of the molecule is CCCNc1ncc(CN2CCCC23CCN(c2cccc(C)n2)CC3)cn1. The summed E-state index contributed by atoms with van der Waals surface area (Å²) in [6.45, 7) is 9.44. The normalized spacial score (nSPS) is 19.3. The molecule has 6 heteroatoms. The lowest BCUT2D eigenvalue weighted by molar-refractivity contribution is 0.0994. The fourth-order valence-corrected chi connectivity index (χ4v) is 4.65. The summed E-state index contributed by atoms with van der Waals surface area (Å²) in [5, 5.41) is 3.25. The third-order valence-corrected chi connectivity index (χ3v) is 6.24. The van der Waals surface area contributed by atoms with E-state index < -0.39 is 0 Å². The Bertz CT molecular complexity index is 767. The Kier molecular flexibility index (Phi) is 5.76. The average molecular weight is 381 g/mol. The first-order valence-electron chi connectivity index (χ1n) is 10.7. The molecule has 0 unspecified atom stereocenters. The number of aromatic nitrogens is 3. The van der Waals surface area contributed by atoms with Gasteiger partial charge in [-0.05, 0) is 57.7 Å². The summed E-state index contributed by atoms with van der Waals surface area (Å²) >= 11 is 0. The van der Waals surface area contributed by atoms with Gasteiger partial charge in [-0.15, -0.1) is 0 Å². The van der Waals surface area contributed by atoms with Crippen molar-refractivity contribution < 1.29 is 0 Å². The quantitative estimate of drug-likeness (QED) is 0.826. The molecule has 4 rings (SSSR count). The summed E-state index contributed by atoms with van der Waals surface area (Å²) < 4.78 is 0. The van der Waals surface area contributed by atoms with Crippen molar-refractivity contribution in [3.63, 3.8) is 0 Å². The van der Waals surface area contributed by atoms with Gasteiger partial charge in [0.1, 0.15) is 5.82 Å². The molecule has 28 heavy (non-hydrogen) atoms. The molecular formula is C22H32N6. The number of anilines is 2. The van der Waals surface area contributed by atoms with Crippen molar-refractivity contribution in [1.29, 1.82) is 0 Å². The summed E-state index contributed by atoms with van der Waals surface area (Å²) in [4.78, 5) is 18.8. The third-order valence-electron chi connectivity index (χ3n) is 6.24. The van der Waals surface area contributed by atoms with E-state index in [1.54, 1.807) is 0 Å². The summed E-state index contributed by atoms with van der Waals surface area (Å²) in [6.07, 6.45) is 10.1. The van der Waals surface area contributed by atoms with Gasteiger partial charge in [0, 0.05) is 55.4 Å². The van der Waals surface area contributed by atoms with Crippen LogP contribution in [0.3, 0.4) is 0 Å². The van der Waals surface area contributed by atoms with Crippen LogP contribution in [-0.2, 0) is 6.54 Å². The highest BCUT2D eigenvalue weighted by molar-refractivity contribution is 5.40. The monoisotopic (exact) mass is 380 g/mol. The van der Waals surface area contributed by atoms with Crippen molar-refractivity contribution >= 4 is 11.8 Å². The molecule has 2 aliphatic heterocycles. The number of hydrogen-bond acceptors (Lipinski definition) is 6. The van der Waals surface area contributed by atoms with Crippen LogP contribution in [-0.4, -0.2) is 51.6 Å². The van der Waals surface area contributed by atoms with Crippen molar-refractivity contribution in [3.05, 3.63) is 41.9 Å². The van der Waals surface area contributed by atoms with E-state index in [1.807, 2.05) is 12.4 Å². The van der Waals surface area contributed by atoms with E-state index in [1.165, 1.54) is 37.8 Å². The van der Waals surface area contributed by atoms with E-state index in [9.17, 15) is 0 Å². The van der Waals surface area contributed by atoms with Gasteiger partial charge in [0.25, 0.3) is 0 Å². The first-order chi connectivity index (χ1) is 13.7. The zero-order valence-corrected chi connectivity index (χ0v) is 17.2. The molecular weight excluding hydrogens is 348 g/mol. The maximum atomic E-state index is 4.72. The summed E-state index contributed by atoms with van der Waals surface area (Å²) in [5.74, 6) is 1.86. The Morgan fingerprint density at radius 3 is 2.57 bits per heavy atom. The van der Waals surface area contributed by atoms with Gasteiger partial charge in [0.15, 0.2) is 0 Å². The Morgan fingerprint density at radius 1 is 1.07 bits per heavy atom. The van der Waals surface area contributed by atoms with Gasteiger partial charge in [-0.2, -0.15) is 0 Å². The predicted molar refractivity (Wildman–Crippen MR) is 114 cm³/mol. The van der Waals surface area contributed by atoms with Crippen molar-refractivity contribution in [2.45, 2.75) is 58.0 Å². The third kappa shape index (κ3) is 4.12. The van der Waals surface area contributed by atoms with Crippen LogP contribution in [0.4, 0.5) is 11.8 Å². The van der Waals surface area contributed by atoms with Crippen molar-refractivity contribution in [2.24, 2.45) is 0 Å². The van der Waals surface area contributed by atoms with E-state index in [0.29, 0.717) is 5.54 Å². The second-order valence-electron chi connectivity index (χ2n) is 8.22. The topological polar surface area (TPSA) is 57.2 Å². The average Bonchev–Trinajstić information content (AvgIpc) is 3.09. The highest BCUT2D eigenvalue weighted by Crippen LogP contribution is 2.40. The maximum absolute atomic E-state index is 4.72. The first kappa shape index (κ1) is 19.1. The number of aryl methyl sites for hydroxylation is 1. The van der Waals surface area contributed by atoms with Crippen LogP contribution in [0.2, 0.25) is 0 Å². The van der Waals surface area contributed by atoms with Crippen LogP contribution < -0.4 is 10.2 Å². The van der Waals surface area contributed by atoms with Gasteiger partial charge in [-0.1, -0.05) is 13.0 Å². The van der Waals surface area contributed by atoms with Crippen LogP contribution in [0, 0.1) is 6.92 Å². The summed E-state index contributed by atoms with van der Waals surface area (Å²) in [6, 6.07) is 6.32. The molecule has 0 atom stereocenters. The van der Waals surface area contributed by atoms with E-state index in [4.69, 9.17) is 4.98 Å². The molecule has 150 valence electrons. The Labute approximate surface area is 168 Å². The summed E-state index contributed by atoms with van der Waals surface area (Å²) in [7, 11) is 0. The number of hydrogen-bond donors (Lipinski definition) is 1. The minimum Gasteiger partial charge on any atom is -0.356 e. The molecule has 2 fully saturated rings. The number of nitrogens with one attached hydrogen (secondary N) is 1. The highest BCUT2D eigenvalue weighted by Gasteiger charge is 2.43. The second-order valence-corrected chi connectivity index (χ2v) is 8.22. The van der Waals surface area contributed by atoms with Crippen molar-refractivity contribution in [2.75, 3.05) is 36.4 Å². The van der Waals surface area contributed by atoms with Gasteiger partial charge < -0.3 is 10.2 Å². The van der Waals surface area contributed by atoms with Crippen LogP contribution >= 0.6 is 0 Å². The molecule has 2 saturated heterocycles. The number of nitrogens with zero attached hydrogens (tertiary/aromatic N) is 5. The molecule has 2 aromatic rings. The van der Waals surface area contributed by atoms with Gasteiger partial charge in [-0.25, -0.2) is 15.0 Å². The maximum Gasteiger partial charge on any atom is 0.222 e. The zero-order chi connectivity index (χ0) is 19.4. The van der Waals surface area contributed by atoms with Gasteiger partial charge in [-0.3, -0.25) is 4.90 Å². The first-order valence-corrected chi connectivity index (χ1v) is 10.7. The number of pyridine rings is 1. The van der Waals surface area contributed by atoms with E-state index in [0.717, 1.165) is 50.1 Å². The smallest absolute Gasteiger partial charge is 0.222 e. The van der Waals surface area contributed by atoms with Crippen LogP contribution in [0.5, 0.6) is 0 Å². The zero-order valence-electron chi connectivity index (χ0n) is 17.2. The Morgan fingerprint density at radius 2 is 1.86 bits per heavy atom. The molecule has 0 aliphatic carbocycles. The van der Waals surface area contributed by atoms with E-state index >= 15 is 0 Å². The molecule has 0 amide bonds. The molecule has 1 N–H and O–H groups in total.